The van der Waals surface area contributed by atoms with Crippen LogP contribution in [0.25, 0.3) is 0 Å². The summed E-state index contributed by atoms with van der Waals surface area (Å²) >= 11 is 0. The van der Waals surface area contributed by atoms with E-state index in [0.29, 0.717) is 6.04 Å². The van der Waals surface area contributed by atoms with E-state index < -0.39 is 0 Å². The molecule has 180 valence electrons. The molecule has 4 aliphatic rings. The van der Waals surface area contributed by atoms with Gasteiger partial charge in [0.15, 0.2) is 5.96 Å². The predicted octanol–water partition coefficient (Wildman–Crippen LogP) is 3.46. The van der Waals surface area contributed by atoms with Crippen molar-refractivity contribution < 1.29 is 4.74 Å². The van der Waals surface area contributed by atoms with E-state index in [2.05, 4.69) is 25.4 Å². The molecule has 0 radical (unpaired) electrons. The van der Waals surface area contributed by atoms with Crippen LogP contribution in [0.5, 0.6) is 0 Å². The highest BCUT2D eigenvalue weighted by atomic mass is 127. The van der Waals surface area contributed by atoms with E-state index in [1.54, 1.807) is 0 Å². The van der Waals surface area contributed by atoms with Gasteiger partial charge in [-0.05, 0) is 70.4 Å². The fraction of sp³-hybridized carbons (Fsp3) is 0.958. The second kappa shape index (κ2) is 12.9. The third-order valence-electron chi connectivity index (χ3n) is 8.18. The van der Waals surface area contributed by atoms with E-state index in [-0.39, 0.29) is 29.5 Å². The zero-order valence-electron chi connectivity index (χ0n) is 19.7. The van der Waals surface area contributed by atoms with E-state index in [9.17, 15) is 0 Å². The first kappa shape index (κ1) is 25.5. The van der Waals surface area contributed by atoms with Gasteiger partial charge in [0.1, 0.15) is 0 Å². The summed E-state index contributed by atoms with van der Waals surface area (Å²) in [5.74, 6) is 1.95. The van der Waals surface area contributed by atoms with Crippen LogP contribution in [0.4, 0.5) is 0 Å². The van der Waals surface area contributed by atoms with Gasteiger partial charge in [-0.1, -0.05) is 19.3 Å². The molecule has 0 amide bonds. The minimum Gasteiger partial charge on any atom is -0.381 e. The maximum atomic E-state index is 5.70. The zero-order valence-corrected chi connectivity index (χ0v) is 22.1. The van der Waals surface area contributed by atoms with Crippen LogP contribution in [-0.4, -0.2) is 86.9 Å². The number of guanidine groups is 1. The molecule has 31 heavy (non-hydrogen) atoms. The first-order chi connectivity index (χ1) is 14.8. The standard InChI is InChI=1S/C24H45N5O.HI/c1-25-23(26-20-24(11-17-30-18-12-24)29-13-5-6-14-29)27-22-9-15-28(16-10-22)19-21-7-3-2-4-8-21;/h21-22H,2-20H2,1H3,(H2,25,26,27);1H. The van der Waals surface area contributed by atoms with Gasteiger partial charge >= 0.3 is 0 Å². The molecule has 6 nitrogen and oxygen atoms in total. The molecule has 7 heteroatoms. The number of piperidine rings is 1. The Bertz CT molecular complexity index is 534. The molecule has 0 unspecified atom stereocenters. The molecule has 0 atom stereocenters. The van der Waals surface area contributed by atoms with Crippen LogP contribution in [0.3, 0.4) is 0 Å². The van der Waals surface area contributed by atoms with E-state index in [1.807, 2.05) is 7.05 Å². The number of nitrogens with one attached hydrogen (secondary N) is 2. The largest absolute Gasteiger partial charge is 0.381 e. The molecule has 0 spiro atoms. The molecular weight excluding hydrogens is 501 g/mol. The fourth-order valence-electron chi connectivity index (χ4n) is 6.18. The van der Waals surface area contributed by atoms with Crippen LogP contribution in [-0.2, 0) is 4.74 Å². The maximum absolute atomic E-state index is 5.70. The average molecular weight is 548 g/mol. The Morgan fingerprint density at radius 1 is 0.935 bits per heavy atom. The van der Waals surface area contributed by atoms with Gasteiger partial charge in [0.25, 0.3) is 0 Å². The van der Waals surface area contributed by atoms with Gasteiger partial charge in [0, 0.05) is 58.0 Å². The Kier molecular flexibility index (Phi) is 10.6. The Morgan fingerprint density at radius 2 is 1.61 bits per heavy atom. The van der Waals surface area contributed by atoms with Gasteiger partial charge in [-0.3, -0.25) is 9.89 Å². The number of ether oxygens (including phenoxy) is 1. The van der Waals surface area contributed by atoms with Crippen LogP contribution < -0.4 is 10.6 Å². The smallest absolute Gasteiger partial charge is 0.191 e. The van der Waals surface area contributed by atoms with Crippen molar-refractivity contribution in [2.45, 2.75) is 82.2 Å². The third-order valence-corrected chi connectivity index (χ3v) is 8.18. The highest BCUT2D eigenvalue weighted by Crippen LogP contribution is 2.31. The summed E-state index contributed by atoms with van der Waals surface area (Å²) < 4.78 is 5.70. The molecule has 0 aromatic heterocycles. The van der Waals surface area contributed by atoms with Crippen molar-refractivity contribution in [3.05, 3.63) is 0 Å². The number of rotatable bonds is 6. The summed E-state index contributed by atoms with van der Waals surface area (Å²) in [7, 11) is 1.92. The average Bonchev–Trinajstić information content (AvgIpc) is 3.35. The van der Waals surface area contributed by atoms with Crippen molar-refractivity contribution in [2.75, 3.05) is 59.5 Å². The SMILES string of the molecule is CN=C(NCC1(N2CCCC2)CCOCC1)NC1CCN(CC2CCCCC2)CC1.I. The number of likely N-dealkylation sites (tertiary alicyclic amines) is 2. The Morgan fingerprint density at radius 3 is 2.26 bits per heavy atom. The lowest BCUT2D eigenvalue weighted by Crippen LogP contribution is -2.59. The Labute approximate surface area is 207 Å². The van der Waals surface area contributed by atoms with Crippen molar-refractivity contribution in [2.24, 2.45) is 10.9 Å². The molecule has 1 aliphatic carbocycles. The summed E-state index contributed by atoms with van der Waals surface area (Å²) in [4.78, 5) is 10.0. The van der Waals surface area contributed by atoms with Gasteiger partial charge in [0.05, 0.1) is 0 Å². The number of aliphatic imine (C=N–C) groups is 1. The fourth-order valence-corrected chi connectivity index (χ4v) is 6.18. The van der Waals surface area contributed by atoms with E-state index in [1.165, 1.54) is 90.5 Å². The number of nitrogens with zero attached hydrogens (tertiary/aromatic N) is 3. The second-order valence-corrected chi connectivity index (χ2v) is 10.2. The summed E-state index contributed by atoms with van der Waals surface area (Å²) in [5, 5.41) is 7.45. The lowest BCUT2D eigenvalue weighted by molar-refractivity contribution is -0.0164. The van der Waals surface area contributed by atoms with Crippen LogP contribution in [0.1, 0.15) is 70.6 Å². The van der Waals surface area contributed by atoms with Crippen LogP contribution >= 0.6 is 24.0 Å². The molecule has 0 aromatic rings. The van der Waals surface area contributed by atoms with Crippen molar-refractivity contribution in [1.82, 2.24) is 20.4 Å². The van der Waals surface area contributed by atoms with Gasteiger partial charge in [-0.15, -0.1) is 24.0 Å². The summed E-state index contributed by atoms with van der Waals surface area (Å²) in [6.07, 6.45) is 14.7. The predicted molar refractivity (Wildman–Crippen MR) is 140 cm³/mol. The highest BCUT2D eigenvalue weighted by molar-refractivity contribution is 14.0. The molecule has 3 saturated heterocycles. The first-order valence-corrected chi connectivity index (χ1v) is 12.8. The summed E-state index contributed by atoms with van der Waals surface area (Å²) in [6.45, 7) is 9.06. The maximum Gasteiger partial charge on any atom is 0.191 e. The quantitative estimate of drug-likeness (QED) is 0.303. The highest BCUT2D eigenvalue weighted by Gasteiger charge is 2.39. The van der Waals surface area contributed by atoms with Crippen molar-refractivity contribution in [3.8, 4) is 0 Å². The Hall–Kier alpha value is -0.120. The second-order valence-electron chi connectivity index (χ2n) is 10.2. The van der Waals surface area contributed by atoms with Crippen molar-refractivity contribution >= 4 is 29.9 Å². The van der Waals surface area contributed by atoms with Crippen molar-refractivity contribution in [3.63, 3.8) is 0 Å². The van der Waals surface area contributed by atoms with Gasteiger partial charge in [-0.25, -0.2) is 0 Å². The van der Waals surface area contributed by atoms with E-state index in [0.717, 1.165) is 44.5 Å². The topological polar surface area (TPSA) is 52.1 Å². The molecule has 2 N–H and O–H groups in total. The zero-order chi connectivity index (χ0) is 20.7. The summed E-state index contributed by atoms with van der Waals surface area (Å²) in [5.41, 5.74) is 0.246. The molecule has 3 heterocycles. The van der Waals surface area contributed by atoms with Crippen LogP contribution in [0.2, 0.25) is 0 Å². The summed E-state index contributed by atoms with van der Waals surface area (Å²) in [6, 6.07) is 0.552. The lowest BCUT2D eigenvalue weighted by atomic mass is 9.88. The Balaban J connectivity index is 0.00000272. The molecular formula is C24H46IN5O. The monoisotopic (exact) mass is 547 g/mol. The molecule has 4 fully saturated rings. The molecule has 4 rings (SSSR count). The van der Waals surface area contributed by atoms with Crippen molar-refractivity contribution in [1.29, 1.82) is 0 Å². The number of hydrogen-bond acceptors (Lipinski definition) is 4. The third kappa shape index (κ3) is 7.18. The van der Waals surface area contributed by atoms with Gasteiger partial charge in [-0.2, -0.15) is 0 Å². The minimum absolute atomic E-state index is 0. The van der Waals surface area contributed by atoms with Gasteiger partial charge in [0.2, 0.25) is 0 Å². The van der Waals surface area contributed by atoms with Crippen LogP contribution in [0.15, 0.2) is 4.99 Å². The molecule has 1 saturated carbocycles. The molecule has 3 aliphatic heterocycles. The first-order valence-electron chi connectivity index (χ1n) is 12.8. The lowest BCUT2D eigenvalue weighted by Gasteiger charge is -2.45. The molecule has 0 aromatic carbocycles. The molecule has 0 bridgehead atoms. The van der Waals surface area contributed by atoms with E-state index in [4.69, 9.17) is 4.74 Å². The number of halogens is 1. The van der Waals surface area contributed by atoms with Gasteiger partial charge < -0.3 is 20.3 Å². The number of hydrogen-bond donors (Lipinski definition) is 2. The van der Waals surface area contributed by atoms with E-state index >= 15 is 0 Å². The van der Waals surface area contributed by atoms with Crippen LogP contribution in [0, 0.1) is 5.92 Å². The normalized spacial score (nSPS) is 27.1. The minimum atomic E-state index is 0.